The van der Waals surface area contributed by atoms with Gasteiger partial charge >= 0.3 is 0 Å². The number of nitrogens with one attached hydrogen (secondary N) is 2. The van der Waals surface area contributed by atoms with Crippen molar-refractivity contribution in [2.24, 2.45) is 17.8 Å². The topological polar surface area (TPSA) is 92.3 Å². The molecule has 2 saturated carbocycles. The van der Waals surface area contributed by atoms with E-state index in [9.17, 15) is 18.0 Å². The molecule has 148 valence electrons. The molecule has 0 saturated heterocycles. The SMILES string of the molecule is CNC(=O)c1ccc(CS(=O)(=O)CC(=O)N[C@H](C)[C@@H]2C[C@H]3CC[C@H]2C3)cc1. The van der Waals surface area contributed by atoms with Crippen molar-refractivity contribution >= 4 is 21.7 Å². The van der Waals surface area contributed by atoms with Gasteiger partial charge in [-0.25, -0.2) is 8.42 Å². The van der Waals surface area contributed by atoms with Gasteiger partial charge in [0, 0.05) is 18.7 Å². The number of hydrogen-bond acceptors (Lipinski definition) is 4. The van der Waals surface area contributed by atoms with Gasteiger partial charge in [0.25, 0.3) is 5.91 Å². The smallest absolute Gasteiger partial charge is 0.251 e. The molecule has 0 radical (unpaired) electrons. The first-order chi connectivity index (χ1) is 12.8. The fraction of sp³-hybridized carbons (Fsp3) is 0.600. The van der Waals surface area contributed by atoms with Crippen LogP contribution in [0, 0.1) is 17.8 Å². The highest BCUT2D eigenvalue weighted by Crippen LogP contribution is 2.49. The van der Waals surface area contributed by atoms with E-state index in [1.807, 2.05) is 6.92 Å². The van der Waals surface area contributed by atoms with Crippen molar-refractivity contribution < 1.29 is 18.0 Å². The van der Waals surface area contributed by atoms with E-state index >= 15 is 0 Å². The Labute approximate surface area is 161 Å². The average molecular weight is 393 g/mol. The van der Waals surface area contributed by atoms with Crippen LogP contribution in [0.5, 0.6) is 0 Å². The summed E-state index contributed by atoms with van der Waals surface area (Å²) in [6.45, 7) is 1.99. The maximum atomic E-state index is 12.4. The quantitative estimate of drug-likeness (QED) is 0.741. The molecule has 2 amide bonds. The predicted octanol–water partition coefficient (Wildman–Crippen LogP) is 1.90. The molecule has 0 heterocycles. The molecule has 1 aromatic carbocycles. The molecule has 7 heteroatoms. The summed E-state index contributed by atoms with van der Waals surface area (Å²) in [5, 5.41) is 5.43. The van der Waals surface area contributed by atoms with Crippen LogP contribution >= 0.6 is 0 Å². The van der Waals surface area contributed by atoms with Crippen LogP contribution in [0.15, 0.2) is 24.3 Å². The maximum absolute atomic E-state index is 12.4. The standard InChI is InChI=1S/C20H28N2O4S/c1-13(18-10-15-5-8-17(18)9-15)22-19(23)12-27(25,26)11-14-3-6-16(7-4-14)20(24)21-2/h3-4,6-7,13,15,17-18H,5,8-12H2,1-2H3,(H,21,24)(H,22,23)/t13-,15+,17+,18+/m1/s1. The van der Waals surface area contributed by atoms with E-state index in [2.05, 4.69) is 10.6 Å². The average Bonchev–Trinajstić information content (AvgIpc) is 3.24. The summed E-state index contributed by atoms with van der Waals surface area (Å²) < 4.78 is 24.8. The fourth-order valence-corrected chi connectivity index (χ4v) is 6.00. The van der Waals surface area contributed by atoms with Crippen molar-refractivity contribution in [1.82, 2.24) is 10.6 Å². The van der Waals surface area contributed by atoms with E-state index < -0.39 is 21.5 Å². The first kappa shape index (κ1) is 19.9. The van der Waals surface area contributed by atoms with Crippen LogP contribution in [-0.2, 0) is 20.4 Å². The second-order valence-corrected chi connectivity index (χ2v) is 10.1. The number of carbonyl (C=O) groups is 2. The van der Waals surface area contributed by atoms with E-state index in [1.165, 1.54) is 26.3 Å². The van der Waals surface area contributed by atoms with Crippen molar-refractivity contribution in [3.05, 3.63) is 35.4 Å². The van der Waals surface area contributed by atoms with Crippen LogP contribution in [0.4, 0.5) is 0 Å². The Hall–Kier alpha value is -1.89. The van der Waals surface area contributed by atoms with Gasteiger partial charge in [-0.15, -0.1) is 0 Å². The maximum Gasteiger partial charge on any atom is 0.251 e. The minimum Gasteiger partial charge on any atom is -0.355 e. The minimum atomic E-state index is -3.56. The second kappa shape index (κ2) is 8.00. The molecular formula is C20H28N2O4S. The molecule has 27 heavy (non-hydrogen) atoms. The molecule has 2 fully saturated rings. The van der Waals surface area contributed by atoms with Crippen molar-refractivity contribution in [2.45, 2.75) is 44.4 Å². The van der Waals surface area contributed by atoms with E-state index in [0.717, 1.165) is 12.3 Å². The summed E-state index contributed by atoms with van der Waals surface area (Å²) in [6, 6.07) is 6.41. The molecule has 2 bridgehead atoms. The Balaban J connectivity index is 1.52. The molecule has 6 nitrogen and oxygen atoms in total. The summed E-state index contributed by atoms with van der Waals surface area (Å²) in [7, 11) is -2.03. The molecule has 2 aliphatic carbocycles. The third-order valence-electron chi connectivity index (χ3n) is 6.00. The predicted molar refractivity (Wildman–Crippen MR) is 104 cm³/mol. The van der Waals surface area contributed by atoms with E-state index in [1.54, 1.807) is 24.3 Å². The fourth-order valence-electron chi connectivity index (χ4n) is 4.71. The number of fused-ring (bicyclic) bond motifs is 2. The summed E-state index contributed by atoms with van der Waals surface area (Å²) in [5.41, 5.74) is 1.03. The third-order valence-corrected chi connectivity index (χ3v) is 7.48. The first-order valence-corrected chi connectivity index (χ1v) is 11.4. The Morgan fingerprint density at radius 2 is 1.85 bits per heavy atom. The van der Waals surface area contributed by atoms with Crippen molar-refractivity contribution in [1.29, 1.82) is 0 Å². The van der Waals surface area contributed by atoms with Gasteiger partial charge in [0.05, 0.1) is 5.75 Å². The zero-order chi connectivity index (χ0) is 19.6. The molecule has 2 N–H and O–H groups in total. The summed E-state index contributed by atoms with van der Waals surface area (Å²) in [6.07, 6.45) is 4.95. The highest BCUT2D eigenvalue weighted by atomic mass is 32.2. The molecular weight excluding hydrogens is 364 g/mol. The van der Waals surface area contributed by atoms with Crippen LogP contribution in [-0.4, -0.2) is 39.1 Å². The van der Waals surface area contributed by atoms with Gasteiger partial charge in [-0.2, -0.15) is 0 Å². The molecule has 3 rings (SSSR count). The highest BCUT2D eigenvalue weighted by molar-refractivity contribution is 7.91. The largest absolute Gasteiger partial charge is 0.355 e. The molecule has 2 aliphatic rings. The molecule has 1 aromatic rings. The van der Waals surface area contributed by atoms with Crippen molar-refractivity contribution in [3.63, 3.8) is 0 Å². The molecule has 4 atom stereocenters. The zero-order valence-corrected chi connectivity index (χ0v) is 16.7. The van der Waals surface area contributed by atoms with E-state index in [-0.39, 0.29) is 17.7 Å². The van der Waals surface area contributed by atoms with Crippen molar-refractivity contribution in [2.75, 3.05) is 12.8 Å². The Morgan fingerprint density at radius 3 is 2.41 bits per heavy atom. The normalized spacial score (nSPS) is 25.2. The number of sulfone groups is 1. The zero-order valence-electron chi connectivity index (χ0n) is 15.9. The van der Waals surface area contributed by atoms with Crippen LogP contribution in [0.2, 0.25) is 0 Å². The number of benzene rings is 1. The summed E-state index contributed by atoms with van der Waals surface area (Å²) >= 11 is 0. The van der Waals surface area contributed by atoms with E-state index in [0.29, 0.717) is 23.0 Å². The highest BCUT2D eigenvalue weighted by Gasteiger charge is 2.42. The number of amides is 2. The van der Waals surface area contributed by atoms with Crippen molar-refractivity contribution in [3.8, 4) is 0 Å². The Morgan fingerprint density at radius 1 is 1.15 bits per heavy atom. The van der Waals surface area contributed by atoms with Crippen LogP contribution in [0.3, 0.4) is 0 Å². The third kappa shape index (κ3) is 4.89. The molecule has 0 aromatic heterocycles. The Kier molecular flexibility index (Phi) is 5.89. The monoisotopic (exact) mass is 392 g/mol. The van der Waals surface area contributed by atoms with Gasteiger partial charge < -0.3 is 10.6 Å². The van der Waals surface area contributed by atoms with Crippen LogP contribution < -0.4 is 10.6 Å². The lowest BCUT2D eigenvalue weighted by Crippen LogP contribution is -2.42. The summed E-state index contributed by atoms with van der Waals surface area (Å²) in [5.74, 6) is 0.589. The van der Waals surface area contributed by atoms with Gasteiger partial charge in [-0.1, -0.05) is 18.6 Å². The second-order valence-electron chi connectivity index (χ2n) is 8.00. The van der Waals surface area contributed by atoms with Gasteiger partial charge in [-0.3, -0.25) is 9.59 Å². The molecule has 0 aliphatic heterocycles. The van der Waals surface area contributed by atoms with Gasteiger partial charge in [0.15, 0.2) is 9.84 Å². The van der Waals surface area contributed by atoms with E-state index in [4.69, 9.17) is 0 Å². The number of carbonyl (C=O) groups excluding carboxylic acids is 2. The summed E-state index contributed by atoms with van der Waals surface area (Å²) in [4.78, 5) is 23.8. The van der Waals surface area contributed by atoms with Gasteiger partial charge in [0.1, 0.15) is 5.75 Å². The lowest BCUT2D eigenvalue weighted by molar-refractivity contribution is -0.119. The lowest BCUT2D eigenvalue weighted by atomic mass is 9.84. The van der Waals surface area contributed by atoms with Gasteiger partial charge in [-0.05, 0) is 61.6 Å². The Bertz CT molecular complexity index is 804. The van der Waals surface area contributed by atoms with Gasteiger partial charge in [0.2, 0.25) is 5.91 Å². The van der Waals surface area contributed by atoms with Crippen LogP contribution in [0.1, 0.15) is 48.5 Å². The van der Waals surface area contributed by atoms with Crippen LogP contribution in [0.25, 0.3) is 0 Å². The molecule has 0 unspecified atom stereocenters. The number of rotatable bonds is 7. The minimum absolute atomic E-state index is 0.0230. The number of hydrogen-bond donors (Lipinski definition) is 2. The molecule has 0 spiro atoms. The first-order valence-electron chi connectivity index (χ1n) is 9.58. The lowest BCUT2D eigenvalue weighted by Gasteiger charge is -2.28.